The summed E-state index contributed by atoms with van der Waals surface area (Å²) in [5, 5.41) is 0. The molecule has 0 radical (unpaired) electrons. The van der Waals surface area contributed by atoms with Gasteiger partial charge in [-0.25, -0.2) is 13.8 Å². The zero-order valence-corrected chi connectivity index (χ0v) is 13.8. The first-order valence-electron chi connectivity index (χ1n) is 7.87. The molecule has 0 aromatic carbocycles. The van der Waals surface area contributed by atoms with Crippen LogP contribution in [0.4, 0.5) is 27.8 Å². The number of rotatable bonds is 0. The molecule has 0 aliphatic carbocycles. The Labute approximate surface area is 137 Å². The Balaban J connectivity index is 1.98. The van der Waals surface area contributed by atoms with Crippen molar-refractivity contribution in [1.29, 1.82) is 0 Å². The molecule has 0 saturated carbocycles. The molecule has 0 spiro atoms. The molecule has 0 unspecified atom stereocenters. The van der Waals surface area contributed by atoms with Crippen LogP contribution in [0.2, 0.25) is 0 Å². The number of hydrogen-bond donors (Lipinski definition) is 0. The predicted octanol–water partition coefficient (Wildman–Crippen LogP) is 3.89. The fraction of sp³-hybridized carbons (Fsp3) is 0.688. The van der Waals surface area contributed by atoms with Crippen molar-refractivity contribution in [2.24, 2.45) is 0 Å². The Morgan fingerprint density at radius 3 is 2.42 bits per heavy atom. The molecular weight excluding hydrogens is 329 g/mol. The first-order valence-corrected chi connectivity index (χ1v) is 7.87. The summed E-state index contributed by atoms with van der Waals surface area (Å²) >= 11 is 0. The van der Waals surface area contributed by atoms with Gasteiger partial charge in [-0.05, 0) is 26.8 Å². The molecule has 3 rings (SSSR count). The van der Waals surface area contributed by atoms with Crippen LogP contribution in [0.5, 0.6) is 0 Å². The van der Waals surface area contributed by atoms with E-state index in [1.807, 2.05) is 20.8 Å². The highest BCUT2D eigenvalue weighted by molar-refractivity contribution is 5.55. The SMILES string of the molecule is CC(C)(C)N1CCN2c3ncc(C(F)(F)F)cc3C(F)(F)C[C@H]2C1. The Kier molecular flexibility index (Phi) is 3.82. The summed E-state index contributed by atoms with van der Waals surface area (Å²) in [6, 6.07) is 0.0963. The second-order valence-corrected chi connectivity index (χ2v) is 7.47. The van der Waals surface area contributed by atoms with Crippen LogP contribution in [-0.4, -0.2) is 41.1 Å². The molecule has 3 nitrogen and oxygen atoms in total. The zero-order chi connectivity index (χ0) is 17.9. The fourth-order valence-corrected chi connectivity index (χ4v) is 3.43. The van der Waals surface area contributed by atoms with Crippen LogP contribution in [0, 0.1) is 0 Å². The van der Waals surface area contributed by atoms with Crippen molar-refractivity contribution in [2.75, 3.05) is 24.5 Å². The molecule has 3 heterocycles. The van der Waals surface area contributed by atoms with E-state index >= 15 is 0 Å². The quantitative estimate of drug-likeness (QED) is 0.663. The molecule has 1 atom stereocenters. The van der Waals surface area contributed by atoms with Gasteiger partial charge in [0, 0.05) is 43.8 Å². The van der Waals surface area contributed by atoms with Crippen molar-refractivity contribution in [3.8, 4) is 0 Å². The van der Waals surface area contributed by atoms with Crippen molar-refractivity contribution < 1.29 is 22.0 Å². The molecule has 24 heavy (non-hydrogen) atoms. The van der Waals surface area contributed by atoms with Gasteiger partial charge in [-0.1, -0.05) is 0 Å². The molecule has 0 N–H and O–H groups in total. The predicted molar refractivity (Wildman–Crippen MR) is 80.2 cm³/mol. The van der Waals surface area contributed by atoms with Gasteiger partial charge in [-0.2, -0.15) is 13.2 Å². The lowest BCUT2D eigenvalue weighted by Crippen LogP contribution is -2.61. The number of hydrogen-bond acceptors (Lipinski definition) is 3. The summed E-state index contributed by atoms with van der Waals surface area (Å²) in [5.74, 6) is -3.33. The van der Waals surface area contributed by atoms with E-state index in [2.05, 4.69) is 9.88 Å². The minimum atomic E-state index is -4.68. The van der Waals surface area contributed by atoms with Gasteiger partial charge in [-0.15, -0.1) is 0 Å². The Morgan fingerprint density at radius 2 is 1.83 bits per heavy atom. The maximum atomic E-state index is 14.5. The maximum absolute atomic E-state index is 14.5. The van der Waals surface area contributed by atoms with Crippen LogP contribution in [0.15, 0.2) is 12.3 Å². The molecule has 0 amide bonds. The second-order valence-electron chi connectivity index (χ2n) is 7.47. The van der Waals surface area contributed by atoms with Gasteiger partial charge in [0.25, 0.3) is 5.92 Å². The van der Waals surface area contributed by atoms with Gasteiger partial charge in [0.2, 0.25) is 0 Å². The molecule has 1 aromatic heterocycles. The average Bonchev–Trinajstić information content (AvgIpc) is 2.44. The Morgan fingerprint density at radius 1 is 1.17 bits per heavy atom. The standard InChI is InChI=1S/C16H20F5N3/c1-14(2,3)23-4-5-24-11(9-23)7-15(17,18)12-6-10(16(19,20)21)8-22-13(12)24/h6,8,11H,4-5,7,9H2,1-3H3/t11-/m0/s1. The number of anilines is 1. The minimum Gasteiger partial charge on any atom is -0.350 e. The van der Waals surface area contributed by atoms with Crippen LogP contribution in [-0.2, 0) is 12.1 Å². The Hall–Kier alpha value is -1.44. The summed E-state index contributed by atoms with van der Waals surface area (Å²) in [5.41, 5.74) is -1.89. The molecular formula is C16H20F5N3. The van der Waals surface area contributed by atoms with E-state index in [-0.39, 0.29) is 11.4 Å². The van der Waals surface area contributed by atoms with E-state index in [0.717, 1.165) is 0 Å². The van der Waals surface area contributed by atoms with Crippen molar-refractivity contribution in [3.63, 3.8) is 0 Å². The number of piperazine rings is 1. The first kappa shape index (κ1) is 17.4. The first-order chi connectivity index (χ1) is 10.9. The highest BCUT2D eigenvalue weighted by Gasteiger charge is 2.49. The highest BCUT2D eigenvalue weighted by atomic mass is 19.4. The lowest BCUT2D eigenvalue weighted by atomic mass is 9.90. The molecule has 8 heteroatoms. The van der Waals surface area contributed by atoms with Crippen LogP contribution in [0.1, 0.15) is 38.3 Å². The number of halogens is 5. The second kappa shape index (κ2) is 5.28. The largest absolute Gasteiger partial charge is 0.417 e. The minimum absolute atomic E-state index is 0.0159. The molecule has 0 bridgehead atoms. The molecule has 1 saturated heterocycles. The molecule has 134 valence electrons. The van der Waals surface area contributed by atoms with Crippen LogP contribution in [0.25, 0.3) is 0 Å². The summed E-state index contributed by atoms with van der Waals surface area (Å²) in [4.78, 5) is 7.62. The summed E-state index contributed by atoms with van der Waals surface area (Å²) in [7, 11) is 0. The third kappa shape index (κ3) is 2.96. The van der Waals surface area contributed by atoms with Gasteiger partial charge in [-0.3, -0.25) is 4.90 Å². The summed E-state index contributed by atoms with van der Waals surface area (Å²) in [6.45, 7) is 7.64. The number of aromatic nitrogens is 1. The van der Waals surface area contributed by atoms with E-state index < -0.39 is 35.7 Å². The van der Waals surface area contributed by atoms with Gasteiger partial charge in [0.05, 0.1) is 11.1 Å². The van der Waals surface area contributed by atoms with Gasteiger partial charge in [0.1, 0.15) is 5.82 Å². The average molecular weight is 349 g/mol. The van der Waals surface area contributed by atoms with E-state index in [9.17, 15) is 22.0 Å². The summed E-state index contributed by atoms with van der Waals surface area (Å²) < 4.78 is 67.5. The van der Waals surface area contributed by atoms with E-state index in [0.29, 0.717) is 31.9 Å². The van der Waals surface area contributed by atoms with Crippen molar-refractivity contribution in [1.82, 2.24) is 9.88 Å². The number of fused-ring (bicyclic) bond motifs is 3. The third-order valence-corrected chi connectivity index (χ3v) is 4.78. The van der Waals surface area contributed by atoms with Crippen molar-refractivity contribution >= 4 is 5.82 Å². The van der Waals surface area contributed by atoms with E-state index in [4.69, 9.17) is 0 Å². The maximum Gasteiger partial charge on any atom is 0.417 e. The summed E-state index contributed by atoms with van der Waals surface area (Å²) in [6.07, 6.45) is -4.52. The van der Waals surface area contributed by atoms with Crippen LogP contribution >= 0.6 is 0 Å². The Bertz CT molecular complexity index is 636. The normalized spacial score (nSPS) is 24.5. The van der Waals surface area contributed by atoms with Gasteiger partial charge < -0.3 is 4.90 Å². The van der Waals surface area contributed by atoms with Gasteiger partial charge in [0.15, 0.2) is 0 Å². The third-order valence-electron chi connectivity index (χ3n) is 4.78. The van der Waals surface area contributed by atoms with Gasteiger partial charge >= 0.3 is 6.18 Å². The lowest BCUT2D eigenvalue weighted by Gasteiger charge is -2.50. The molecule has 1 aromatic rings. The number of alkyl halides is 5. The number of nitrogens with zero attached hydrogens (tertiary/aromatic N) is 3. The lowest BCUT2D eigenvalue weighted by molar-refractivity contribution is -0.138. The van der Waals surface area contributed by atoms with Crippen molar-refractivity contribution in [2.45, 2.75) is 50.9 Å². The van der Waals surface area contributed by atoms with E-state index in [1.54, 1.807) is 4.90 Å². The topological polar surface area (TPSA) is 19.4 Å². The zero-order valence-electron chi connectivity index (χ0n) is 13.8. The highest BCUT2D eigenvalue weighted by Crippen LogP contribution is 2.46. The number of pyridine rings is 1. The monoisotopic (exact) mass is 349 g/mol. The van der Waals surface area contributed by atoms with Crippen LogP contribution in [0.3, 0.4) is 0 Å². The van der Waals surface area contributed by atoms with E-state index in [1.165, 1.54) is 0 Å². The van der Waals surface area contributed by atoms with Crippen molar-refractivity contribution in [3.05, 3.63) is 23.4 Å². The smallest absolute Gasteiger partial charge is 0.350 e. The fourth-order valence-electron chi connectivity index (χ4n) is 3.43. The molecule has 1 fully saturated rings. The molecule has 2 aliphatic rings. The molecule has 2 aliphatic heterocycles. The van der Waals surface area contributed by atoms with Crippen LogP contribution < -0.4 is 4.90 Å².